The predicted molar refractivity (Wildman–Crippen MR) is 83.2 cm³/mol. The van der Waals surface area contributed by atoms with E-state index in [1.54, 1.807) is 12.1 Å². The number of carbonyl (C=O) groups is 2. The third-order valence-electron chi connectivity index (χ3n) is 2.73. The lowest BCUT2D eigenvalue weighted by molar-refractivity contribution is -0.116. The number of nitrogens with one attached hydrogen (secondary N) is 3. The molecule has 0 unspecified atom stereocenters. The van der Waals surface area contributed by atoms with Gasteiger partial charge in [-0.15, -0.1) is 0 Å². The quantitative estimate of drug-likeness (QED) is 0.789. The fourth-order valence-corrected chi connectivity index (χ4v) is 1.73. The van der Waals surface area contributed by atoms with Crippen molar-refractivity contribution in [3.63, 3.8) is 0 Å². The summed E-state index contributed by atoms with van der Waals surface area (Å²) in [6.45, 7) is 0.275. The van der Waals surface area contributed by atoms with Crippen LogP contribution in [0, 0.1) is 0 Å². The molecule has 0 fully saturated rings. The van der Waals surface area contributed by atoms with E-state index >= 15 is 0 Å². The van der Waals surface area contributed by atoms with Crippen LogP contribution in [-0.2, 0) is 4.79 Å². The van der Waals surface area contributed by atoms with Crippen molar-refractivity contribution in [3.05, 3.63) is 60.7 Å². The van der Waals surface area contributed by atoms with Gasteiger partial charge in [0.2, 0.25) is 5.91 Å². The van der Waals surface area contributed by atoms with Gasteiger partial charge in [0.15, 0.2) is 0 Å². The highest BCUT2D eigenvalue weighted by Crippen LogP contribution is 2.05. The number of anilines is 2. The Balaban J connectivity index is 1.67. The Bertz CT molecular complexity index is 531. The van der Waals surface area contributed by atoms with Crippen LogP contribution < -0.4 is 16.0 Å². The van der Waals surface area contributed by atoms with Crippen molar-refractivity contribution in [1.29, 1.82) is 0 Å². The molecule has 0 saturated carbocycles. The van der Waals surface area contributed by atoms with Crippen LogP contribution in [0.15, 0.2) is 60.7 Å². The second-order valence-electron chi connectivity index (χ2n) is 4.41. The molecule has 0 aromatic heterocycles. The number of benzene rings is 2. The van der Waals surface area contributed by atoms with Crippen LogP contribution in [0.3, 0.4) is 0 Å². The van der Waals surface area contributed by atoms with Crippen LogP contribution in [0.5, 0.6) is 0 Å². The van der Waals surface area contributed by atoms with Crippen molar-refractivity contribution >= 4 is 23.3 Å². The van der Waals surface area contributed by atoms with E-state index in [1.165, 1.54) is 0 Å². The maximum Gasteiger partial charge on any atom is 0.319 e. The summed E-state index contributed by atoms with van der Waals surface area (Å²) < 4.78 is 0. The van der Waals surface area contributed by atoms with Gasteiger partial charge >= 0.3 is 6.03 Å². The number of amides is 3. The molecule has 108 valence electrons. The number of hydrogen-bond acceptors (Lipinski definition) is 2. The molecule has 0 radical (unpaired) electrons. The maximum atomic E-state index is 11.7. The van der Waals surface area contributed by atoms with E-state index in [0.717, 1.165) is 5.69 Å². The molecule has 3 N–H and O–H groups in total. The van der Waals surface area contributed by atoms with Gasteiger partial charge in [-0.05, 0) is 24.3 Å². The Morgan fingerprint density at radius 1 is 0.762 bits per heavy atom. The highest BCUT2D eigenvalue weighted by atomic mass is 16.2. The highest BCUT2D eigenvalue weighted by molar-refractivity contribution is 5.92. The summed E-state index contributed by atoms with van der Waals surface area (Å²) >= 11 is 0. The minimum absolute atomic E-state index is 0.138. The van der Waals surface area contributed by atoms with Crippen LogP contribution in [0.25, 0.3) is 0 Å². The van der Waals surface area contributed by atoms with E-state index in [2.05, 4.69) is 16.0 Å². The summed E-state index contributed by atoms with van der Waals surface area (Å²) in [4.78, 5) is 23.3. The molecule has 0 saturated heterocycles. The SMILES string of the molecule is O=C(CCNC(=O)Nc1ccccc1)Nc1ccccc1. The molecule has 0 aliphatic heterocycles. The van der Waals surface area contributed by atoms with Gasteiger partial charge in [-0.25, -0.2) is 4.79 Å². The average molecular weight is 283 g/mol. The molecule has 0 aliphatic carbocycles. The summed E-state index contributed by atoms with van der Waals surface area (Å²) in [6, 6.07) is 18.0. The zero-order valence-corrected chi connectivity index (χ0v) is 11.5. The summed E-state index contributed by atoms with van der Waals surface area (Å²) in [6.07, 6.45) is 0.219. The van der Waals surface area contributed by atoms with E-state index in [1.807, 2.05) is 48.5 Å². The van der Waals surface area contributed by atoms with Crippen molar-refractivity contribution < 1.29 is 9.59 Å². The Labute approximate surface area is 123 Å². The minimum Gasteiger partial charge on any atom is -0.337 e. The topological polar surface area (TPSA) is 70.2 Å². The molecule has 5 heteroatoms. The lowest BCUT2D eigenvalue weighted by atomic mass is 10.3. The smallest absolute Gasteiger partial charge is 0.319 e. The lowest BCUT2D eigenvalue weighted by Crippen LogP contribution is -2.31. The van der Waals surface area contributed by atoms with Crippen molar-refractivity contribution in [3.8, 4) is 0 Å². The monoisotopic (exact) mass is 283 g/mol. The average Bonchev–Trinajstić information content (AvgIpc) is 2.49. The number of para-hydroxylation sites is 2. The Kier molecular flexibility index (Phi) is 5.34. The van der Waals surface area contributed by atoms with Crippen molar-refractivity contribution in [1.82, 2.24) is 5.32 Å². The molecule has 0 aliphatic rings. The first-order chi connectivity index (χ1) is 10.2. The number of urea groups is 1. The van der Waals surface area contributed by atoms with Gasteiger partial charge in [0.1, 0.15) is 0 Å². The third-order valence-corrected chi connectivity index (χ3v) is 2.73. The first-order valence-electron chi connectivity index (χ1n) is 6.69. The summed E-state index contributed by atoms with van der Waals surface area (Å²) in [5, 5.41) is 8.08. The molecule has 21 heavy (non-hydrogen) atoms. The summed E-state index contributed by atoms with van der Waals surface area (Å²) in [7, 11) is 0. The minimum atomic E-state index is -0.325. The fraction of sp³-hybridized carbons (Fsp3) is 0.125. The molecule has 2 rings (SSSR count). The van der Waals surface area contributed by atoms with Crippen LogP contribution in [0.4, 0.5) is 16.2 Å². The molecular formula is C16H17N3O2. The van der Waals surface area contributed by atoms with Gasteiger partial charge in [-0.2, -0.15) is 0 Å². The Morgan fingerprint density at radius 2 is 1.29 bits per heavy atom. The van der Waals surface area contributed by atoms with Gasteiger partial charge < -0.3 is 16.0 Å². The molecule has 3 amide bonds. The summed E-state index contributed by atoms with van der Waals surface area (Å²) in [5.74, 6) is -0.138. The third kappa shape index (κ3) is 5.36. The number of hydrogen-bond donors (Lipinski definition) is 3. The zero-order valence-electron chi connectivity index (χ0n) is 11.5. The standard InChI is InChI=1S/C16H17N3O2/c20-15(18-13-7-3-1-4-8-13)11-12-17-16(21)19-14-9-5-2-6-10-14/h1-10H,11-12H2,(H,18,20)(H2,17,19,21). The molecule has 0 atom stereocenters. The van der Waals surface area contributed by atoms with Gasteiger partial charge in [0.05, 0.1) is 0 Å². The van der Waals surface area contributed by atoms with Crippen LogP contribution in [-0.4, -0.2) is 18.5 Å². The lowest BCUT2D eigenvalue weighted by Gasteiger charge is -2.08. The molecule has 0 bridgehead atoms. The largest absolute Gasteiger partial charge is 0.337 e. The van der Waals surface area contributed by atoms with Gasteiger partial charge in [-0.3, -0.25) is 4.79 Å². The van der Waals surface area contributed by atoms with Crippen LogP contribution in [0.1, 0.15) is 6.42 Å². The highest BCUT2D eigenvalue weighted by Gasteiger charge is 2.04. The van der Waals surface area contributed by atoms with Crippen molar-refractivity contribution in [2.24, 2.45) is 0 Å². The maximum absolute atomic E-state index is 11.7. The van der Waals surface area contributed by atoms with Crippen LogP contribution in [0.2, 0.25) is 0 Å². The first kappa shape index (κ1) is 14.6. The Hall–Kier alpha value is -2.82. The van der Waals surface area contributed by atoms with Crippen LogP contribution >= 0.6 is 0 Å². The molecular weight excluding hydrogens is 266 g/mol. The van der Waals surface area contributed by atoms with Crippen molar-refractivity contribution in [2.45, 2.75) is 6.42 Å². The van der Waals surface area contributed by atoms with Crippen molar-refractivity contribution in [2.75, 3.05) is 17.2 Å². The fourth-order valence-electron chi connectivity index (χ4n) is 1.73. The molecule has 0 spiro atoms. The zero-order chi connectivity index (χ0) is 14.9. The predicted octanol–water partition coefficient (Wildman–Crippen LogP) is 2.84. The van der Waals surface area contributed by atoms with E-state index in [-0.39, 0.29) is 24.9 Å². The number of carbonyl (C=O) groups excluding carboxylic acids is 2. The van der Waals surface area contributed by atoms with Gasteiger partial charge in [-0.1, -0.05) is 36.4 Å². The second-order valence-corrected chi connectivity index (χ2v) is 4.41. The van der Waals surface area contributed by atoms with Gasteiger partial charge in [0, 0.05) is 24.3 Å². The van der Waals surface area contributed by atoms with Gasteiger partial charge in [0.25, 0.3) is 0 Å². The molecule has 5 nitrogen and oxygen atoms in total. The Morgan fingerprint density at radius 3 is 1.86 bits per heavy atom. The number of rotatable bonds is 5. The summed E-state index contributed by atoms with van der Waals surface area (Å²) in [5.41, 5.74) is 1.46. The molecule has 2 aromatic rings. The van der Waals surface area contributed by atoms with E-state index in [4.69, 9.17) is 0 Å². The normalized spacial score (nSPS) is 9.71. The second kappa shape index (κ2) is 7.69. The van der Waals surface area contributed by atoms with E-state index < -0.39 is 0 Å². The van der Waals surface area contributed by atoms with E-state index in [0.29, 0.717) is 5.69 Å². The van der Waals surface area contributed by atoms with E-state index in [9.17, 15) is 9.59 Å². The molecule has 2 aromatic carbocycles. The molecule has 0 heterocycles. The first-order valence-corrected chi connectivity index (χ1v) is 6.69.